The van der Waals surface area contributed by atoms with Gasteiger partial charge in [-0.2, -0.15) is 0 Å². The molecule has 0 saturated heterocycles. The Labute approximate surface area is 195 Å². The van der Waals surface area contributed by atoms with Crippen molar-refractivity contribution in [3.63, 3.8) is 0 Å². The standard InChI is InChI=1S/C28H20FNO4/c1-28(18-4-11-22(31)12-5-18,19-6-13-23(32)14-7-19)17-2-9-21(10-3-17)30-26(33)24-15-8-20(29)16-25(24)27(30)34/h2-16,31-32H,1H3. The van der Waals surface area contributed by atoms with Gasteiger partial charge in [0.15, 0.2) is 0 Å². The number of halogens is 1. The van der Waals surface area contributed by atoms with Gasteiger partial charge in [0.2, 0.25) is 0 Å². The molecule has 1 aliphatic rings. The van der Waals surface area contributed by atoms with E-state index < -0.39 is 23.0 Å². The highest BCUT2D eigenvalue weighted by Crippen LogP contribution is 2.41. The summed E-state index contributed by atoms with van der Waals surface area (Å²) in [7, 11) is 0. The Morgan fingerprint density at radius 1 is 0.647 bits per heavy atom. The first-order valence-electron chi connectivity index (χ1n) is 10.7. The number of nitrogens with zero attached hydrogens (tertiary/aromatic N) is 1. The SMILES string of the molecule is CC(c1ccc(O)cc1)(c1ccc(O)cc1)c1ccc(N2C(=O)c3ccc(F)cc3C2=O)cc1. The lowest BCUT2D eigenvalue weighted by atomic mass is 9.71. The van der Waals surface area contributed by atoms with Gasteiger partial charge in [-0.25, -0.2) is 9.29 Å². The second-order valence-electron chi connectivity index (χ2n) is 8.40. The van der Waals surface area contributed by atoms with Gasteiger partial charge >= 0.3 is 0 Å². The average Bonchev–Trinajstić information content (AvgIpc) is 3.08. The first kappa shape index (κ1) is 21.4. The van der Waals surface area contributed by atoms with E-state index in [2.05, 4.69) is 0 Å². The number of phenolic OH excluding ortho intramolecular Hbond substituents is 2. The average molecular weight is 453 g/mol. The molecule has 168 valence electrons. The third-order valence-corrected chi connectivity index (χ3v) is 6.44. The molecule has 0 spiro atoms. The van der Waals surface area contributed by atoms with E-state index in [1.54, 1.807) is 36.4 Å². The maximum atomic E-state index is 13.6. The van der Waals surface area contributed by atoms with Crippen LogP contribution in [0.3, 0.4) is 0 Å². The van der Waals surface area contributed by atoms with Gasteiger partial charge in [0.1, 0.15) is 17.3 Å². The molecule has 0 unspecified atom stereocenters. The Balaban J connectivity index is 1.57. The highest BCUT2D eigenvalue weighted by atomic mass is 19.1. The summed E-state index contributed by atoms with van der Waals surface area (Å²) in [5.41, 5.74) is 2.62. The highest BCUT2D eigenvalue weighted by molar-refractivity contribution is 6.34. The molecule has 6 heteroatoms. The van der Waals surface area contributed by atoms with E-state index in [1.807, 2.05) is 43.3 Å². The number of carbonyl (C=O) groups is 2. The molecule has 2 amide bonds. The van der Waals surface area contributed by atoms with Crippen molar-refractivity contribution in [3.8, 4) is 11.5 Å². The molecule has 0 bridgehead atoms. The molecule has 0 saturated carbocycles. The maximum Gasteiger partial charge on any atom is 0.266 e. The van der Waals surface area contributed by atoms with E-state index in [0.717, 1.165) is 33.7 Å². The molecule has 34 heavy (non-hydrogen) atoms. The van der Waals surface area contributed by atoms with E-state index >= 15 is 0 Å². The summed E-state index contributed by atoms with van der Waals surface area (Å²) in [6.07, 6.45) is 0. The third-order valence-electron chi connectivity index (χ3n) is 6.44. The smallest absolute Gasteiger partial charge is 0.266 e. The van der Waals surface area contributed by atoms with Gasteiger partial charge < -0.3 is 10.2 Å². The molecule has 5 rings (SSSR count). The van der Waals surface area contributed by atoms with Crippen LogP contribution in [-0.2, 0) is 5.41 Å². The van der Waals surface area contributed by atoms with Crippen LogP contribution in [0.1, 0.15) is 44.3 Å². The topological polar surface area (TPSA) is 77.8 Å². The number of rotatable bonds is 4. The number of imide groups is 1. The van der Waals surface area contributed by atoms with Crippen LogP contribution in [0.2, 0.25) is 0 Å². The molecule has 4 aromatic carbocycles. The Hall–Kier alpha value is -4.45. The van der Waals surface area contributed by atoms with Crippen LogP contribution >= 0.6 is 0 Å². The van der Waals surface area contributed by atoms with Crippen LogP contribution in [0.15, 0.2) is 91.0 Å². The Morgan fingerprint density at radius 3 is 1.59 bits per heavy atom. The van der Waals surface area contributed by atoms with Crippen LogP contribution in [0.25, 0.3) is 0 Å². The lowest BCUT2D eigenvalue weighted by molar-refractivity contribution is 0.0926. The summed E-state index contributed by atoms with van der Waals surface area (Å²) >= 11 is 0. The third kappa shape index (κ3) is 3.31. The van der Waals surface area contributed by atoms with Gasteiger partial charge in [-0.3, -0.25) is 9.59 Å². The summed E-state index contributed by atoms with van der Waals surface area (Å²) in [5.74, 6) is -1.33. The van der Waals surface area contributed by atoms with Crippen molar-refractivity contribution in [3.05, 3.63) is 125 Å². The molecule has 0 radical (unpaired) electrons. The van der Waals surface area contributed by atoms with Crippen molar-refractivity contribution in [1.82, 2.24) is 0 Å². The van der Waals surface area contributed by atoms with Crippen LogP contribution in [0.4, 0.5) is 10.1 Å². The van der Waals surface area contributed by atoms with Crippen LogP contribution in [0.5, 0.6) is 11.5 Å². The number of amides is 2. The van der Waals surface area contributed by atoms with Crippen molar-refractivity contribution in [1.29, 1.82) is 0 Å². The fourth-order valence-corrected chi connectivity index (χ4v) is 4.48. The van der Waals surface area contributed by atoms with E-state index in [-0.39, 0.29) is 22.6 Å². The summed E-state index contributed by atoms with van der Waals surface area (Å²) < 4.78 is 13.6. The lowest BCUT2D eigenvalue weighted by Gasteiger charge is -2.32. The Kier molecular flexibility index (Phi) is 4.94. The summed E-state index contributed by atoms with van der Waals surface area (Å²) in [4.78, 5) is 26.7. The number of phenols is 2. The van der Waals surface area contributed by atoms with Crippen molar-refractivity contribution in [2.45, 2.75) is 12.3 Å². The second kappa shape index (κ2) is 7.85. The largest absolute Gasteiger partial charge is 0.508 e. The quantitative estimate of drug-likeness (QED) is 0.321. The minimum Gasteiger partial charge on any atom is -0.508 e. The van der Waals surface area contributed by atoms with Crippen molar-refractivity contribution in [2.24, 2.45) is 0 Å². The van der Waals surface area contributed by atoms with Gasteiger partial charge in [-0.1, -0.05) is 36.4 Å². The molecule has 0 aromatic heterocycles. The van der Waals surface area contributed by atoms with E-state index in [0.29, 0.717) is 5.69 Å². The summed E-state index contributed by atoms with van der Waals surface area (Å²) in [6.45, 7) is 2.02. The molecule has 5 nitrogen and oxygen atoms in total. The molecule has 0 atom stereocenters. The highest BCUT2D eigenvalue weighted by Gasteiger charge is 2.37. The van der Waals surface area contributed by atoms with Crippen LogP contribution < -0.4 is 4.90 Å². The molecule has 1 aliphatic heterocycles. The van der Waals surface area contributed by atoms with Gasteiger partial charge in [0.05, 0.1) is 16.8 Å². The fourth-order valence-electron chi connectivity index (χ4n) is 4.48. The zero-order valence-electron chi connectivity index (χ0n) is 18.2. The molecule has 2 N–H and O–H groups in total. The molecule has 1 heterocycles. The van der Waals surface area contributed by atoms with Gasteiger partial charge in [0.25, 0.3) is 11.8 Å². The van der Waals surface area contributed by atoms with Crippen molar-refractivity contribution < 1.29 is 24.2 Å². The fraction of sp³-hybridized carbons (Fsp3) is 0.0714. The monoisotopic (exact) mass is 453 g/mol. The zero-order chi connectivity index (χ0) is 24.0. The second-order valence-corrected chi connectivity index (χ2v) is 8.40. The minimum absolute atomic E-state index is 0.0482. The first-order chi connectivity index (χ1) is 16.3. The Morgan fingerprint density at radius 2 is 1.09 bits per heavy atom. The van der Waals surface area contributed by atoms with Crippen molar-refractivity contribution >= 4 is 17.5 Å². The minimum atomic E-state index is -0.662. The van der Waals surface area contributed by atoms with E-state index in [9.17, 15) is 24.2 Å². The number of benzene rings is 4. The van der Waals surface area contributed by atoms with Gasteiger partial charge in [-0.15, -0.1) is 0 Å². The summed E-state index contributed by atoms with van der Waals surface area (Å²) in [5, 5.41) is 19.5. The number of aromatic hydroxyl groups is 2. The predicted octanol–water partition coefficient (Wildman–Crippen LogP) is 5.39. The Bertz CT molecular complexity index is 1370. The number of hydrogen-bond acceptors (Lipinski definition) is 4. The molecule has 0 fully saturated rings. The van der Waals surface area contributed by atoms with Crippen LogP contribution in [0, 0.1) is 5.82 Å². The molecule has 4 aromatic rings. The molecular weight excluding hydrogens is 433 g/mol. The normalized spacial score (nSPS) is 13.3. The predicted molar refractivity (Wildman–Crippen MR) is 126 cm³/mol. The lowest BCUT2D eigenvalue weighted by Crippen LogP contribution is -2.30. The zero-order valence-corrected chi connectivity index (χ0v) is 18.2. The number of carbonyl (C=O) groups excluding carboxylic acids is 2. The number of hydrogen-bond donors (Lipinski definition) is 2. The van der Waals surface area contributed by atoms with Crippen LogP contribution in [-0.4, -0.2) is 22.0 Å². The molecule has 0 aliphatic carbocycles. The van der Waals surface area contributed by atoms with E-state index in [4.69, 9.17) is 0 Å². The van der Waals surface area contributed by atoms with E-state index in [1.165, 1.54) is 6.07 Å². The maximum absolute atomic E-state index is 13.6. The van der Waals surface area contributed by atoms with Gasteiger partial charge in [0, 0.05) is 5.41 Å². The van der Waals surface area contributed by atoms with Crippen molar-refractivity contribution in [2.75, 3.05) is 4.90 Å². The number of fused-ring (bicyclic) bond motifs is 1. The first-order valence-corrected chi connectivity index (χ1v) is 10.7. The summed E-state index contributed by atoms with van der Waals surface area (Å²) in [6, 6.07) is 24.4. The van der Waals surface area contributed by atoms with Gasteiger partial charge in [-0.05, 0) is 78.2 Å². The molecular formula is C28H20FNO4. The number of anilines is 1.